The molecule has 2 saturated heterocycles. The first-order valence-corrected chi connectivity index (χ1v) is 9.05. The van der Waals surface area contributed by atoms with Crippen LogP contribution in [0.25, 0.3) is 0 Å². The van der Waals surface area contributed by atoms with Gasteiger partial charge in [0.2, 0.25) is 0 Å². The Morgan fingerprint density at radius 1 is 1.20 bits per heavy atom. The number of hydrogen-bond donors (Lipinski definition) is 0. The number of thioether (sulfide) groups is 2. The second-order valence-electron chi connectivity index (χ2n) is 5.59. The van der Waals surface area contributed by atoms with Crippen molar-refractivity contribution >= 4 is 29.3 Å². The summed E-state index contributed by atoms with van der Waals surface area (Å²) in [4.78, 5) is 14.7. The fraction of sp³-hybridized carbons (Fsp3) is 0.438. The van der Waals surface area contributed by atoms with Crippen molar-refractivity contribution in [2.75, 3.05) is 11.5 Å². The Kier molecular flexibility index (Phi) is 3.20. The number of carbonyl (C=O) groups excluding carboxylic acids is 1. The molecule has 1 aromatic rings. The number of carbonyl (C=O) groups is 1. The van der Waals surface area contributed by atoms with E-state index in [4.69, 9.17) is 0 Å². The molecule has 3 aliphatic heterocycles. The van der Waals surface area contributed by atoms with E-state index in [1.165, 1.54) is 17.1 Å². The number of ketones is 1. The van der Waals surface area contributed by atoms with Gasteiger partial charge in [-0.15, -0.1) is 23.5 Å². The third-order valence-electron chi connectivity index (χ3n) is 4.44. The molecule has 0 radical (unpaired) electrons. The first-order valence-electron chi connectivity index (χ1n) is 7.08. The van der Waals surface area contributed by atoms with Crippen molar-refractivity contribution in [2.24, 2.45) is 0 Å². The van der Waals surface area contributed by atoms with Crippen molar-refractivity contribution in [3.63, 3.8) is 0 Å². The Bertz CT molecular complexity index is 551. The molecule has 104 valence electrons. The Morgan fingerprint density at radius 3 is 2.70 bits per heavy atom. The van der Waals surface area contributed by atoms with Crippen molar-refractivity contribution in [3.05, 3.63) is 48.0 Å². The maximum absolute atomic E-state index is 12.2. The third-order valence-corrected chi connectivity index (χ3v) is 8.02. The number of rotatable bonds is 2. The van der Waals surface area contributed by atoms with Crippen molar-refractivity contribution in [3.8, 4) is 0 Å². The molecule has 4 rings (SSSR count). The zero-order valence-corrected chi connectivity index (χ0v) is 12.8. The molecule has 2 atom stereocenters. The molecule has 0 aliphatic carbocycles. The summed E-state index contributed by atoms with van der Waals surface area (Å²) in [5, 5.41) is 0. The van der Waals surface area contributed by atoms with E-state index < -0.39 is 0 Å². The quantitative estimate of drug-likeness (QED) is 0.837. The van der Waals surface area contributed by atoms with Gasteiger partial charge in [-0.25, -0.2) is 0 Å². The molecule has 0 N–H and O–H groups in total. The van der Waals surface area contributed by atoms with Crippen molar-refractivity contribution in [2.45, 2.75) is 29.1 Å². The average Bonchev–Trinajstić information content (AvgIpc) is 3.01. The van der Waals surface area contributed by atoms with Gasteiger partial charge in [-0.1, -0.05) is 36.4 Å². The van der Waals surface area contributed by atoms with Crippen LogP contribution in [0.1, 0.15) is 12.0 Å². The standard InChI is InChI=1S/C16H17NOS2/c18-14-6-7-15-16(19-8-9-20-16)10-13(14)17(15)11-12-4-2-1-3-5-12/h1-7,13,15H,8-11H2/t13-,15-/m1/s1. The maximum Gasteiger partial charge on any atom is 0.172 e. The van der Waals surface area contributed by atoms with Crippen LogP contribution in [0.15, 0.2) is 42.5 Å². The molecular formula is C16H17NOS2. The zero-order valence-electron chi connectivity index (χ0n) is 11.2. The van der Waals surface area contributed by atoms with Gasteiger partial charge in [0, 0.05) is 18.1 Å². The van der Waals surface area contributed by atoms with Gasteiger partial charge in [-0.3, -0.25) is 9.69 Å². The molecule has 3 aliphatic rings. The summed E-state index contributed by atoms with van der Waals surface area (Å²) < 4.78 is 0.224. The van der Waals surface area contributed by atoms with Crippen LogP contribution in [-0.4, -0.2) is 38.4 Å². The van der Waals surface area contributed by atoms with E-state index in [0.29, 0.717) is 11.8 Å². The highest BCUT2D eigenvalue weighted by molar-refractivity contribution is 8.21. The molecule has 1 spiro atoms. The largest absolute Gasteiger partial charge is 0.293 e. The molecule has 3 heterocycles. The van der Waals surface area contributed by atoms with E-state index in [0.717, 1.165) is 13.0 Å². The lowest BCUT2D eigenvalue weighted by Crippen LogP contribution is -2.44. The fourth-order valence-corrected chi connectivity index (χ4v) is 7.05. The van der Waals surface area contributed by atoms with Crippen LogP contribution in [-0.2, 0) is 11.3 Å². The molecular weight excluding hydrogens is 286 g/mol. The summed E-state index contributed by atoms with van der Waals surface area (Å²) in [6.07, 6.45) is 4.98. The van der Waals surface area contributed by atoms with Gasteiger partial charge in [-0.05, 0) is 18.1 Å². The summed E-state index contributed by atoms with van der Waals surface area (Å²) in [5.74, 6) is 2.73. The average molecular weight is 303 g/mol. The SMILES string of the molecule is O=C1C=C[C@H]2N(Cc3ccccc3)[C@@H]1CC21SCCS1. The lowest BCUT2D eigenvalue weighted by Gasteiger charge is -2.34. The van der Waals surface area contributed by atoms with Crippen LogP contribution in [0.5, 0.6) is 0 Å². The second-order valence-corrected chi connectivity index (χ2v) is 8.70. The molecule has 2 nitrogen and oxygen atoms in total. The molecule has 0 amide bonds. The lowest BCUT2D eigenvalue weighted by atomic mass is 10.1. The summed E-state index contributed by atoms with van der Waals surface area (Å²) in [6, 6.07) is 11.0. The monoisotopic (exact) mass is 303 g/mol. The summed E-state index contributed by atoms with van der Waals surface area (Å²) in [5.41, 5.74) is 1.30. The van der Waals surface area contributed by atoms with Crippen molar-refractivity contribution in [1.29, 1.82) is 0 Å². The molecule has 4 heteroatoms. The smallest absolute Gasteiger partial charge is 0.172 e. The van der Waals surface area contributed by atoms with Gasteiger partial charge in [0.05, 0.1) is 16.2 Å². The van der Waals surface area contributed by atoms with Gasteiger partial charge in [0.15, 0.2) is 5.78 Å². The maximum atomic E-state index is 12.2. The minimum Gasteiger partial charge on any atom is -0.293 e. The predicted molar refractivity (Wildman–Crippen MR) is 86.0 cm³/mol. The van der Waals surface area contributed by atoms with E-state index in [1.807, 2.05) is 12.1 Å². The van der Waals surface area contributed by atoms with Crippen LogP contribution in [0.2, 0.25) is 0 Å². The first kappa shape index (κ1) is 13.0. The van der Waals surface area contributed by atoms with E-state index >= 15 is 0 Å². The predicted octanol–water partition coefficient (Wildman–Crippen LogP) is 2.94. The van der Waals surface area contributed by atoms with E-state index in [2.05, 4.69) is 58.8 Å². The summed E-state index contributed by atoms with van der Waals surface area (Å²) >= 11 is 4.13. The number of fused-ring (bicyclic) bond motifs is 3. The van der Waals surface area contributed by atoms with Crippen LogP contribution < -0.4 is 0 Å². The third kappa shape index (κ3) is 1.97. The first-order chi connectivity index (χ1) is 9.78. The van der Waals surface area contributed by atoms with Crippen LogP contribution in [0.4, 0.5) is 0 Å². The van der Waals surface area contributed by atoms with Crippen molar-refractivity contribution < 1.29 is 4.79 Å². The minimum absolute atomic E-state index is 0.0864. The zero-order chi connectivity index (χ0) is 13.6. The van der Waals surface area contributed by atoms with Gasteiger partial charge in [0.1, 0.15) is 0 Å². The van der Waals surface area contributed by atoms with E-state index in [1.54, 1.807) is 0 Å². The van der Waals surface area contributed by atoms with Gasteiger partial charge in [-0.2, -0.15) is 0 Å². The van der Waals surface area contributed by atoms with Gasteiger partial charge in [0.25, 0.3) is 0 Å². The molecule has 1 aromatic carbocycles. The summed E-state index contributed by atoms with van der Waals surface area (Å²) in [7, 11) is 0. The molecule has 0 unspecified atom stereocenters. The van der Waals surface area contributed by atoms with E-state index in [9.17, 15) is 4.79 Å². The van der Waals surface area contributed by atoms with Crippen molar-refractivity contribution in [1.82, 2.24) is 4.90 Å². The molecule has 20 heavy (non-hydrogen) atoms. The Labute approximate surface area is 128 Å². The highest BCUT2D eigenvalue weighted by Crippen LogP contribution is 2.57. The Balaban J connectivity index is 1.66. The van der Waals surface area contributed by atoms with Crippen LogP contribution >= 0.6 is 23.5 Å². The lowest BCUT2D eigenvalue weighted by molar-refractivity contribution is -0.119. The topological polar surface area (TPSA) is 20.3 Å². The second kappa shape index (κ2) is 4.93. The number of hydrogen-bond acceptors (Lipinski definition) is 4. The van der Waals surface area contributed by atoms with E-state index in [-0.39, 0.29) is 10.1 Å². The number of nitrogens with zero attached hydrogens (tertiary/aromatic N) is 1. The molecule has 2 bridgehead atoms. The molecule has 0 saturated carbocycles. The van der Waals surface area contributed by atoms with Crippen LogP contribution in [0.3, 0.4) is 0 Å². The highest BCUT2D eigenvalue weighted by atomic mass is 32.2. The van der Waals surface area contributed by atoms with Crippen LogP contribution in [0, 0.1) is 0 Å². The molecule has 0 aromatic heterocycles. The highest BCUT2D eigenvalue weighted by Gasteiger charge is 2.56. The summed E-state index contributed by atoms with van der Waals surface area (Å²) in [6.45, 7) is 0.884. The van der Waals surface area contributed by atoms with Gasteiger partial charge < -0.3 is 0 Å². The normalized spacial score (nSPS) is 31.3. The molecule has 2 fully saturated rings. The fourth-order valence-electron chi connectivity index (χ4n) is 3.53. The Morgan fingerprint density at radius 2 is 1.95 bits per heavy atom. The van der Waals surface area contributed by atoms with Gasteiger partial charge >= 0.3 is 0 Å². The number of benzene rings is 1. The minimum atomic E-state index is 0.0864. The Hall–Kier alpha value is -0.710.